The number of fused-ring (bicyclic) bond motifs is 2. The largest absolute Gasteiger partial charge is 0.392 e. The van der Waals surface area contributed by atoms with Crippen molar-refractivity contribution in [1.29, 1.82) is 0 Å². The van der Waals surface area contributed by atoms with Crippen LogP contribution in [0.25, 0.3) is 22.2 Å². The van der Waals surface area contributed by atoms with E-state index in [2.05, 4.69) is 30.4 Å². The van der Waals surface area contributed by atoms with Crippen LogP contribution in [0, 0.1) is 5.82 Å². The van der Waals surface area contributed by atoms with E-state index in [1.807, 2.05) is 6.07 Å². The maximum absolute atomic E-state index is 14.6. The minimum Gasteiger partial charge on any atom is -0.392 e. The zero-order valence-electron chi connectivity index (χ0n) is 16.7. The number of hydrogen-bond acceptors (Lipinski definition) is 8. The molecular weight excluding hydrogens is 389 g/mol. The van der Waals surface area contributed by atoms with Gasteiger partial charge in [0.25, 0.3) is 0 Å². The third-order valence-electron chi connectivity index (χ3n) is 4.31. The molecule has 0 unspecified atom stereocenters. The molecule has 1 aromatic carbocycles. The summed E-state index contributed by atoms with van der Waals surface area (Å²) >= 11 is 0. The molecule has 0 radical (unpaired) electrons. The third kappa shape index (κ3) is 4.23. The average Bonchev–Trinajstić information content (AvgIpc) is 3.09. The van der Waals surface area contributed by atoms with Crippen molar-refractivity contribution >= 4 is 27.9 Å². The summed E-state index contributed by atoms with van der Waals surface area (Å²) in [4.78, 5) is 18.1. The second kappa shape index (κ2) is 7.71. The summed E-state index contributed by atoms with van der Waals surface area (Å²) in [6.07, 6.45) is 3.13. The van der Waals surface area contributed by atoms with E-state index in [0.717, 1.165) is 5.39 Å². The highest BCUT2D eigenvalue weighted by Crippen LogP contribution is 2.19. The van der Waals surface area contributed by atoms with Crippen LogP contribution < -0.4 is 0 Å². The van der Waals surface area contributed by atoms with Crippen LogP contribution in [0.15, 0.2) is 41.8 Å². The maximum atomic E-state index is 14.6. The zero-order chi connectivity index (χ0) is 21.3. The summed E-state index contributed by atoms with van der Waals surface area (Å²) in [5.41, 5.74) is 1.70. The van der Waals surface area contributed by atoms with Gasteiger partial charge in [0.15, 0.2) is 5.65 Å². The van der Waals surface area contributed by atoms with E-state index < -0.39 is 5.60 Å². The highest BCUT2D eigenvalue weighted by Gasteiger charge is 2.15. The van der Waals surface area contributed by atoms with Crippen LogP contribution in [-0.4, -0.2) is 53.0 Å². The quantitative estimate of drug-likeness (QED) is 0.385. The molecule has 4 aromatic rings. The molecule has 0 aliphatic heterocycles. The van der Waals surface area contributed by atoms with Gasteiger partial charge in [-0.25, -0.2) is 19.0 Å². The van der Waals surface area contributed by atoms with Crippen molar-refractivity contribution in [3.8, 4) is 0 Å². The van der Waals surface area contributed by atoms with Crippen molar-refractivity contribution in [3.05, 3.63) is 53.7 Å². The number of aromatic nitrogens is 6. The lowest BCUT2D eigenvalue weighted by molar-refractivity contribution is -0.0190. The van der Waals surface area contributed by atoms with E-state index in [1.54, 1.807) is 39.1 Å². The van der Waals surface area contributed by atoms with E-state index >= 15 is 0 Å². The SMILES string of the molecule is C/C(=N/OCC(C)(C)O)c1cnc2nnn(Cc3cc4cccnc4cc3F)c2n1. The summed E-state index contributed by atoms with van der Waals surface area (Å²) in [5.74, 6) is -0.383. The van der Waals surface area contributed by atoms with Crippen LogP contribution in [0.2, 0.25) is 0 Å². The molecule has 4 rings (SSSR count). The molecule has 0 saturated heterocycles. The van der Waals surface area contributed by atoms with Crippen molar-refractivity contribution in [3.63, 3.8) is 0 Å². The van der Waals surface area contributed by atoms with Gasteiger partial charge in [0, 0.05) is 23.2 Å². The Labute approximate surface area is 171 Å². The van der Waals surface area contributed by atoms with Gasteiger partial charge in [-0.1, -0.05) is 16.4 Å². The summed E-state index contributed by atoms with van der Waals surface area (Å²) < 4.78 is 16.0. The first-order chi connectivity index (χ1) is 14.3. The standard InChI is InChI=1S/C20H20FN7O2/c1-12(26-30-11-20(2,3)29)17-9-23-18-19(24-17)28(27-25-18)10-14-7-13-5-4-6-22-16(13)8-15(14)21/h4-9,29H,10-11H2,1-3H3/b26-12-. The Morgan fingerprint density at radius 1 is 1.30 bits per heavy atom. The molecule has 10 heteroatoms. The molecule has 0 atom stereocenters. The predicted octanol–water partition coefficient (Wildman–Crippen LogP) is 2.47. The van der Waals surface area contributed by atoms with Crippen LogP contribution in [0.4, 0.5) is 4.39 Å². The van der Waals surface area contributed by atoms with Crippen molar-refractivity contribution in [2.75, 3.05) is 6.61 Å². The highest BCUT2D eigenvalue weighted by molar-refractivity contribution is 5.97. The minimum absolute atomic E-state index is 0.0373. The molecule has 1 N–H and O–H groups in total. The van der Waals surface area contributed by atoms with Crippen LogP contribution in [0.5, 0.6) is 0 Å². The normalized spacial score (nSPS) is 12.6. The molecule has 0 spiro atoms. The molecule has 0 aliphatic rings. The summed E-state index contributed by atoms with van der Waals surface area (Å²) in [6, 6.07) is 6.81. The Morgan fingerprint density at radius 3 is 2.93 bits per heavy atom. The van der Waals surface area contributed by atoms with Crippen molar-refractivity contribution in [2.45, 2.75) is 32.9 Å². The number of oxime groups is 1. The van der Waals surface area contributed by atoms with Gasteiger partial charge in [-0.2, -0.15) is 0 Å². The van der Waals surface area contributed by atoms with Crippen molar-refractivity contribution in [2.24, 2.45) is 5.16 Å². The van der Waals surface area contributed by atoms with Gasteiger partial charge in [0.2, 0.25) is 5.65 Å². The first-order valence-corrected chi connectivity index (χ1v) is 9.29. The lowest BCUT2D eigenvalue weighted by atomic mass is 10.1. The molecule has 0 bridgehead atoms. The molecule has 0 fully saturated rings. The Bertz CT molecular complexity index is 1250. The van der Waals surface area contributed by atoms with E-state index in [0.29, 0.717) is 33.8 Å². The number of aliphatic hydroxyl groups is 1. The molecule has 3 heterocycles. The van der Waals surface area contributed by atoms with Gasteiger partial charge >= 0.3 is 0 Å². The number of benzene rings is 1. The van der Waals surface area contributed by atoms with Gasteiger partial charge in [-0.05, 0) is 32.9 Å². The molecule has 154 valence electrons. The van der Waals surface area contributed by atoms with Gasteiger partial charge < -0.3 is 9.94 Å². The molecule has 0 saturated carbocycles. The van der Waals surface area contributed by atoms with E-state index in [9.17, 15) is 9.50 Å². The number of pyridine rings is 1. The van der Waals surface area contributed by atoms with Crippen LogP contribution in [0.3, 0.4) is 0 Å². The molecule has 0 amide bonds. The summed E-state index contributed by atoms with van der Waals surface area (Å²) in [5, 5.41) is 22.6. The lowest BCUT2D eigenvalue weighted by Gasteiger charge is -2.14. The predicted molar refractivity (Wildman–Crippen MR) is 108 cm³/mol. The van der Waals surface area contributed by atoms with Gasteiger partial charge in [-0.3, -0.25) is 4.98 Å². The summed E-state index contributed by atoms with van der Waals surface area (Å²) in [6.45, 7) is 5.13. The monoisotopic (exact) mass is 409 g/mol. The fourth-order valence-electron chi connectivity index (χ4n) is 2.79. The summed E-state index contributed by atoms with van der Waals surface area (Å²) in [7, 11) is 0. The van der Waals surface area contributed by atoms with E-state index in [-0.39, 0.29) is 19.0 Å². The smallest absolute Gasteiger partial charge is 0.221 e. The minimum atomic E-state index is -0.999. The van der Waals surface area contributed by atoms with E-state index in [4.69, 9.17) is 4.84 Å². The van der Waals surface area contributed by atoms with Crippen molar-refractivity contribution < 1.29 is 14.3 Å². The number of rotatable bonds is 6. The Kier molecular flexibility index (Phi) is 5.08. The molecule has 0 aliphatic carbocycles. The fraction of sp³-hybridized carbons (Fsp3) is 0.300. The lowest BCUT2D eigenvalue weighted by Crippen LogP contribution is -2.25. The Balaban J connectivity index is 1.63. The number of hydrogen-bond donors (Lipinski definition) is 1. The fourth-order valence-corrected chi connectivity index (χ4v) is 2.79. The van der Waals surface area contributed by atoms with E-state index in [1.165, 1.54) is 16.9 Å². The van der Waals surface area contributed by atoms with Gasteiger partial charge in [0.1, 0.15) is 23.8 Å². The second-order valence-corrected chi connectivity index (χ2v) is 7.55. The third-order valence-corrected chi connectivity index (χ3v) is 4.31. The molecule has 3 aromatic heterocycles. The van der Waals surface area contributed by atoms with Crippen LogP contribution in [-0.2, 0) is 11.4 Å². The average molecular weight is 409 g/mol. The first-order valence-electron chi connectivity index (χ1n) is 9.29. The maximum Gasteiger partial charge on any atom is 0.221 e. The van der Waals surface area contributed by atoms with Gasteiger partial charge in [-0.15, -0.1) is 5.10 Å². The molecule has 30 heavy (non-hydrogen) atoms. The first kappa shape index (κ1) is 19.8. The number of nitrogens with zero attached hydrogens (tertiary/aromatic N) is 7. The Morgan fingerprint density at radius 2 is 2.13 bits per heavy atom. The van der Waals surface area contributed by atoms with Crippen molar-refractivity contribution in [1.82, 2.24) is 29.9 Å². The Hall–Kier alpha value is -3.53. The molecular formula is C20H20FN7O2. The van der Waals surface area contributed by atoms with Gasteiger partial charge in [0.05, 0.1) is 23.9 Å². The van der Waals surface area contributed by atoms with Crippen LogP contribution >= 0.6 is 0 Å². The second-order valence-electron chi connectivity index (χ2n) is 7.55. The highest BCUT2D eigenvalue weighted by atomic mass is 19.1. The topological polar surface area (TPSA) is 111 Å². The zero-order valence-corrected chi connectivity index (χ0v) is 16.7. The molecule has 9 nitrogen and oxygen atoms in total. The van der Waals surface area contributed by atoms with Crippen LogP contribution in [0.1, 0.15) is 32.0 Å². The number of halogens is 1.